The van der Waals surface area contributed by atoms with Crippen molar-refractivity contribution >= 4 is 21.7 Å². The number of carbonyl (C=O) groups excluding carboxylic acids is 1. The molecule has 2 aliphatic carbocycles. The number of ether oxygens (including phenoxy) is 1. The molecule has 0 bridgehead atoms. The maximum atomic E-state index is 12.7. The van der Waals surface area contributed by atoms with E-state index in [2.05, 4.69) is 28.1 Å². The van der Waals surface area contributed by atoms with Crippen molar-refractivity contribution in [3.05, 3.63) is 39.9 Å². The van der Waals surface area contributed by atoms with Gasteiger partial charge in [-0.1, -0.05) is 41.9 Å². The number of hydrogen-bond donors (Lipinski definition) is 1. The summed E-state index contributed by atoms with van der Waals surface area (Å²) in [4.78, 5) is 12.7. The predicted molar refractivity (Wildman–Crippen MR) is 98.7 cm³/mol. The lowest BCUT2D eigenvalue weighted by Crippen LogP contribution is -2.32. The Morgan fingerprint density at radius 3 is 2.88 bits per heavy atom. The van der Waals surface area contributed by atoms with Gasteiger partial charge in [-0.05, 0) is 43.4 Å². The first-order valence-corrected chi connectivity index (χ1v) is 9.50. The Hall–Kier alpha value is -1.13. The van der Waals surface area contributed by atoms with Crippen molar-refractivity contribution in [2.24, 2.45) is 11.8 Å². The van der Waals surface area contributed by atoms with E-state index in [9.17, 15) is 9.90 Å². The summed E-state index contributed by atoms with van der Waals surface area (Å²) < 4.78 is 6.78. The molecular formula is C20H25BrO3. The molecule has 0 saturated carbocycles. The van der Waals surface area contributed by atoms with Crippen molar-refractivity contribution in [3.8, 4) is 5.75 Å². The van der Waals surface area contributed by atoms with Crippen LogP contribution in [0.2, 0.25) is 0 Å². The number of Topliss-reactive ketones (excluding diaryl/α,β-unsaturated/α-hetero) is 1. The molecule has 0 spiro atoms. The average Bonchev–Trinajstić information content (AvgIpc) is 2.81. The van der Waals surface area contributed by atoms with Crippen LogP contribution in [0.1, 0.15) is 61.9 Å². The van der Waals surface area contributed by atoms with E-state index in [0.29, 0.717) is 18.8 Å². The van der Waals surface area contributed by atoms with Gasteiger partial charge in [-0.25, -0.2) is 0 Å². The third-order valence-corrected chi connectivity index (χ3v) is 6.24. The Kier molecular flexibility index (Phi) is 4.89. The summed E-state index contributed by atoms with van der Waals surface area (Å²) in [6.07, 6.45) is 6.81. The SMILES string of the molecule is CC(C)C(C)(O)CCOc1cc(Br)c2c(c1)C(=O)C1CCC=C[C@H]21. The number of hydrogen-bond acceptors (Lipinski definition) is 3. The summed E-state index contributed by atoms with van der Waals surface area (Å²) in [6.45, 7) is 6.26. The summed E-state index contributed by atoms with van der Waals surface area (Å²) in [6, 6.07) is 3.82. The summed E-state index contributed by atoms with van der Waals surface area (Å²) in [5, 5.41) is 10.3. The Morgan fingerprint density at radius 2 is 2.17 bits per heavy atom. The third kappa shape index (κ3) is 3.18. The maximum Gasteiger partial charge on any atom is 0.167 e. The normalized spacial score (nSPS) is 24.7. The number of fused-ring (bicyclic) bond motifs is 3. The van der Waals surface area contributed by atoms with Gasteiger partial charge < -0.3 is 9.84 Å². The molecule has 3 atom stereocenters. The molecule has 3 nitrogen and oxygen atoms in total. The molecule has 0 saturated heterocycles. The lowest BCUT2D eigenvalue weighted by Gasteiger charge is -2.27. The Labute approximate surface area is 152 Å². The van der Waals surface area contributed by atoms with E-state index >= 15 is 0 Å². The largest absolute Gasteiger partial charge is 0.493 e. The van der Waals surface area contributed by atoms with Crippen molar-refractivity contribution in [3.63, 3.8) is 0 Å². The van der Waals surface area contributed by atoms with Crippen molar-refractivity contribution in [1.82, 2.24) is 0 Å². The van der Waals surface area contributed by atoms with E-state index < -0.39 is 5.60 Å². The molecule has 2 unspecified atom stereocenters. The van der Waals surface area contributed by atoms with Gasteiger partial charge in [-0.3, -0.25) is 4.79 Å². The molecule has 4 heteroatoms. The quantitative estimate of drug-likeness (QED) is 0.726. The lowest BCUT2D eigenvalue weighted by atomic mass is 9.84. The highest BCUT2D eigenvalue weighted by Gasteiger charge is 2.40. The number of halogens is 1. The van der Waals surface area contributed by atoms with E-state index in [1.807, 2.05) is 32.9 Å². The topological polar surface area (TPSA) is 46.5 Å². The number of carbonyl (C=O) groups is 1. The molecule has 0 radical (unpaired) electrons. The fourth-order valence-corrected chi connectivity index (χ4v) is 4.21. The van der Waals surface area contributed by atoms with Crippen LogP contribution in [-0.2, 0) is 0 Å². The van der Waals surface area contributed by atoms with E-state index in [-0.39, 0.29) is 23.5 Å². The summed E-state index contributed by atoms with van der Waals surface area (Å²) in [5.41, 5.74) is 1.14. The van der Waals surface area contributed by atoms with Gasteiger partial charge in [0.2, 0.25) is 0 Å². The molecule has 1 N–H and O–H groups in total. The highest BCUT2D eigenvalue weighted by molar-refractivity contribution is 9.10. The van der Waals surface area contributed by atoms with Crippen LogP contribution in [0.15, 0.2) is 28.8 Å². The third-order valence-electron chi connectivity index (χ3n) is 5.58. The molecule has 130 valence electrons. The first-order chi connectivity index (χ1) is 11.3. The standard InChI is InChI=1S/C20H25BrO3/c1-12(2)20(3,23)8-9-24-13-10-16-18(17(21)11-13)14-6-4-5-7-15(14)19(16)22/h4,6,10-12,14-15,23H,5,7-9H2,1-3H3/t14-,15?,20?/m0/s1. The number of benzene rings is 1. The Bertz CT molecular complexity index is 676. The minimum atomic E-state index is -0.747. The minimum Gasteiger partial charge on any atom is -0.493 e. The second kappa shape index (κ2) is 6.64. The second-order valence-electron chi connectivity index (χ2n) is 7.48. The molecule has 24 heavy (non-hydrogen) atoms. The van der Waals surface area contributed by atoms with Crippen LogP contribution in [0, 0.1) is 11.8 Å². The number of ketones is 1. The van der Waals surface area contributed by atoms with Crippen molar-refractivity contribution in [1.29, 1.82) is 0 Å². The smallest absolute Gasteiger partial charge is 0.167 e. The van der Waals surface area contributed by atoms with Crippen LogP contribution in [0.4, 0.5) is 0 Å². The molecule has 1 aromatic rings. The van der Waals surface area contributed by atoms with Gasteiger partial charge in [-0.15, -0.1) is 0 Å². The van der Waals surface area contributed by atoms with Crippen LogP contribution in [0.3, 0.4) is 0 Å². The lowest BCUT2D eigenvalue weighted by molar-refractivity contribution is -0.00526. The van der Waals surface area contributed by atoms with Gasteiger partial charge in [0, 0.05) is 28.3 Å². The molecule has 0 aliphatic heterocycles. The van der Waals surface area contributed by atoms with E-state index in [4.69, 9.17) is 4.74 Å². The van der Waals surface area contributed by atoms with Gasteiger partial charge in [0.25, 0.3) is 0 Å². The van der Waals surface area contributed by atoms with Gasteiger partial charge >= 0.3 is 0 Å². The van der Waals surface area contributed by atoms with Crippen LogP contribution in [0.5, 0.6) is 5.75 Å². The number of rotatable bonds is 5. The molecule has 0 heterocycles. The Balaban J connectivity index is 1.77. The van der Waals surface area contributed by atoms with Crippen LogP contribution in [-0.4, -0.2) is 23.1 Å². The monoisotopic (exact) mass is 392 g/mol. The summed E-state index contributed by atoms with van der Waals surface area (Å²) in [5.74, 6) is 1.38. The van der Waals surface area contributed by atoms with Gasteiger partial charge in [0.05, 0.1) is 12.2 Å². The van der Waals surface area contributed by atoms with E-state index in [0.717, 1.165) is 28.4 Å². The minimum absolute atomic E-state index is 0.0817. The highest BCUT2D eigenvalue weighted by Crippen LogP contribution is 2.47. The zero-order valence-corrected chi connectivity index (χ0v) is 16.1. The van der Waals surface area contributed by atoms with Gasteiger partial charge in [0.15, 0.2) is 5.78 Å². The predicted octanol–water partition coefficient (Wildman–Crippen LogP) is 4.87. The van der Waals surface area contributed by atoms with E-state index in [1.165, 1.54) is 0 Å². The van der Waals surface area contributed by atoms with Crippen molar-refractivity contribution < 1.29 is 14.6 Å². The van der Waals surface area contributed by atoms with E-state index in [1.54, 1.807) is 0 Å². The number of aliphatic hydroxyl groups is 1. The fourth-order valence-electron chi connectivity index (χ4n) is 3.51. The van der Waals surface area contributed by atoms with Crippen molar-refractivity contribution in [2.75, 3.05) is 6.61 Å². The average molecular weight is 393 g/mol. The molecule has 2 aliphatic rings. The molecule has 3 rings (SSSR count). The van der Waals surface area contributed by atoms with Crippen molar-refractivity contribution in [2.45, 2.75) is 51.6 Å². The first kappa shape index (κ1) is 17.7. The molecular weight excluding hydrogens is 368 g/mol. The zero-order chi connectivity index (χ0) is 17.5. The maximum absolute atomic E-state index is 12.7. The molecule has 0 amide bonds. The molecule has 0 aromatic heterocycles. The fraction of sp³-hybridized carbons (Fsp3) is 0.550. The molecule has 1 aromatic carbocycles. The second-order valence-corrected chi connectivity index (χ2v) is 8.33. The van der Waals surface area contributed by atoms with Crippen LogP contribution >= 0.6 is 15.9 Å². The first-order valence-electron chi connectivity index (χ1n) is 8.70. The zero-order valence-electron chi connectivity index (χ0n) is 14.5. The highest BCUT2D eigenvalue weighted by atomic mass is 79.9. The Morgan fingerprint density at radius 1 is 1.42 bits per heavy atom. The summed E-state index contributed by atoms with van der Waals surface area (Å²) >= 11 is 3.63. The van der Waals surface area contributed by atoms with Gasteiger partial charge in [-0.2, -0.15) is 0 Å². The number of allylic oxidation sites excluding steroid dienone is 2. The van der Waals surface area contributed by atoms with Crippen LogP contribution < -0.4 is 4.74 Å². The van der Waals surface area contributed by atoms with Gasteiger partial charge in [0.1, 0.15) is 5.75 Å². The summed E-state index contributed by atoms with van der Waals surface area (Å²) in [7, 11) is 0. The molecule has 0 fully saturated rings. The van der Waals surface area contributed by atoms with Crippen LogP contribution in [0.25, 0.3) is 0 Å².